The molecular weight excluding hydrogens is 1390 g/mol. The topological polar surface area (TPSA) is 395 Å². The van der Waals surface area contributed by atoms with Crippen LogP contribution >= 0.6 is 18.5 Å². The number of aryl methyl sites for hydroxylation is 1. The molecule has 10 rings (SSSR count). The van der Waals surface area contributed by atoms with Crippen molar-refractivity contribution in [1.29, 1.82) is 0 Å². The van der Waals surface area contributed by atoms with Gasteiger partial charge >= 0.3 is 35.3 Å². The monoisotopic (exact) mass is 1470 g/mol. The number of nitrogens with one attached hydrogen (secondary N) is 2. The lowest BCUT2D eigenvalue weighted by molar-refractivity contribution is -0.658. The number of esters is 4. The highest BCUT2D eigenvalue weighted by molar-refractivity contribution is 7.95. The molecule has 1 heterocycles. The fraction of sp³-hybridized carbons (Fsp3) is 0.243. The Bertz CT molecular complexity index is 4290. The zero-order chi connectivity index (χ0) is 75.0. The van der Waals surface area contributed by atoms with Crippen LogP contribution in [0.25, 0.3) is 29.3 Å². The lowest BCUT2D eigenvalue weighted by Crippen LogP contribution is -3.00. The summed E-state index contributed by atoms with van der Waals surface area (Å²) in [5.41, 5.74) is 13.6. The number of nitrogens with zero attached hydrogens (tertiary/aromatic N) is 4. The molecule has 103 heavy (non-hydrogen) atoms. The number of aromatic amines is 1. The average Bonchev–Trinajstić information content (AvgIpc) is 1.54. The molecule has 8 aromatic rings. The van der Waals surface area contributed by atoms with Gasteiger partial charge in [0.05, 0.1) is 48.2 Å². The molecule has 9 N–H and O–H groups in total. The number of rotatable bonds is 21. The predicted molar refractivity (Wildman–Crippen MR) is 392 cm³/mol. The molecule has 2 aliphatic rings. The third kappa shape index (κ3) is 24.6. The van der Waals surface area contributed by atoms with Crippen molar-refractivity contribution in [3.05, 3.63) is 240 Å². The Morgan fingerprint density at radius 3 is 1.29 bits per heavy atom. The van der Waals surface area contributed by atoms with Crippen LogP contribution in [0.3, 0.4) is 0 Å². The maximum absolute atomic E-state index is 12.5. The van der Waals surface area contributed by atoms with E-state index in [1.54, 1.807) is 57.9 Å². The van der Waals surface area contributed by atoms with Crippen molar-refractivity contribution in [2.24, 2.45) is 12.8 Å². The second kappa shape index (κ2) is 41.6. The Kier molecular flexibility index (Phi) is 34.0. The smallest absolute Gasteiger partial charge is 0.331 e. The highest BCUT2D eigenvalue weighted by Crippen LogP contribution is 2.44. The van der Waals surface area contributed by atoms with Gasteiger partial charge in [-0.1, -0.05) is 97.1 Å². The van der Waals surface area contributed by atoms with Crippen LogP contribution in [0.4, 0.5) is 22.7 Å². The summed E-state index contributed by atoms with van der Waals surface area (Å²) in [5, 5.41) is 55.5. The van der Waals surface area contributed by atoms with Crippen molar-refractivity contribution in [3.8, 4) is 11.5 Å². The van der Waals surface area contributed by atoms with E-state index in [-0.39, 0.29) is 58.7 Å². The Morgan fingerprint density at radius 1 is 0.583 bits per heavy atom. The van der Waals surface area contributed by atoms with E-state index in [1.807, 2.05) is 86.8 Å². The molecule has 7 aromatic carbocycles. The van der Waals surface area contributed by atoms with Crippen LogP contribution in [0.1, 0.15) is 99.1 Å². The summed E-state index contributed by atoms with van der Waals surface area (Å²) in [7, 11) is 3.63. The number of nitro groups is 3. The van der Waals surface area contributed by atoms with Crippen LogP contribution in [0.15, 0.2) is 182 Å². The minimum atomic E-state index is -2.24. The first kappa shape index (κ1) is 84.3. The molecule has 0 spiro atoms. The zero-order valence-corrected chi connectivity index (χ0v) is 59.9. The van der Waals surface area contributed by atoms with E-state index in [2.05, 4.69) is 61.7 Å². The van der Waals surface area contributed by atoms with E-state index in [0.717, 1.165) is 82.6 Å². The molecule has 0 amide bonds. The van der Waals surface area contributed by atoms with Crippen molar-refractivity contribution in [1.82, 2.24) is 4.98 Å². The van der Waals surface area contributed by atoms with Crippen LogP contribution in [0, 0.1) is 30.3 Å². The predicted octanol–water partition coefficient (Wildman–Crippen LogP) is 7.38. The number of benzene rings is 7. The molecule has 26 nitrogen and oxygen atoms in total. The molecule has 544 valence electrons. The van der Waals surface area contributed by atoms with Crippen molar-refractivity contribution in [2.75, 3.05) is 38.8 Å². The van der Waals surface area contributed by atoms with E-state index in [4.69, 9.17) is 36.7 Å². The summed E-state index contributed by atoms with van der Waals surface area (Å²) in [6.07, 6.45) is 15.2. The number of imidazole rings is 1. The minimum absolute atomic E-state index is 0. The molecule has 0 radical (unpaired) electrons. The number of H-pyrrole nitrogens is 1. The number of fused-ring (bicyclic) bond motifs is 1. The number of anilines is 1. The second-order valence-corrected chi connectivity index (χ2v) is 26.1. The number of ether oxygens (including phenoxy) is 4. The van der Waals surface area contributed by atoms with Crippen LogP contribution < -0.4 is 49.7 Å². The summed E-state index contributed by atoms with van der Waals surface area (Å²) in [5.74, 6) is 0.388. The minimum Gasteiger partial charge on any atom is -1.00 e. The molecule has 2 fully saturated rings. The lowest BCUT2D eigenvalue weighted by atomic mass is 9.77. The number of nitrogens with two attached hydrogens (primary N) is 1. The van der Waals surface area contributed by atoms with Crippen LogP contribution in [0.2, 0.25) is 0 Å². The number of carbonyl (C=O) groups excluding carboxylic acids is 6. The zero-order valence-electron chi connectivity index (χ0n) is 57.5. The molecule has 0 aliphatic heterocycles. The van der Waals surface area contributed by atoms with E-state index < -0.39 is 56.3 Å². The van der Waals surface area contributed by atoms with Gasteiger partial charge in [-0.3, -0.25) is 39.9 Å². The maximum Gasteiger partial charge on any atom is 0.331 e. The normalized spacial score (nSPS) is 12.7. The Morgan fingerprint density at radius 2 is 0.951 bits per heavy atom. The van der Waals surface area contributed by atoms with Gasteiger partial charge in [0.1, 0.15) is 17.5 Å². The van der Waals surface area contributed by atoms with Crippen molar-refractivity contribution in [3.63, 3.8) is 0 Å². The first-order valence-corrected chi connectivity index (χ1v) is 34.3. The van der Waals surface area contributed by atoms with E-state index in [0.29, 0.717) is 42.9 Å². The molecule has 1 aromatic heterocycles. The summed E-state index contributed by atoms with van der Waals surface area (Å²) in [6, 6.07) is 48.5. The third-order valence-electron chi connectivity index (χ3n) is 15.6. The number of phenols is 2. The molecular formula is C74H82Cl2N8O18P+. The Labute approximate surface area is 605 Å². The second-order valence-electron chi connectivity index (χ2n) is 22.5. The largest absolute Gasteiger partial charge is 1.00 e. The van der Waals surface area contributed by atoms with Gasteiger partial charge in [0.25, 0.3) is 16.8 Å². The summed E-state index contributed by atoms with van der Waals surface area (Å²) >= 11 is 5.22. The first-order chi connectivity index (χ1) is 48.7. The number of phenolic OH excluding ortho intramolecular Hbond substituents is 2. The number of aromatic hydroxyl groups is 2. The van der Waals surface area contributed by atoms with E-state index >= 15 is 0 Å². The summed E-state index contributed by atoms with van der Waals surface area (Å²) < 4.78 is 21.7. The Hall–Kier alpha value is -11.2. The highest BCUT2D eigenvalue weighted by Gasteiger charge is 2.44. The van der Waals surface area contributed by atoms with Gasteiger partial charge in [-0.15, -0.1) is 0 Å². The number of nitro benzene ring substituents is 3. The molecule has 0 atom stereocenters. The highest BCUT2D eigenvalue weighted by atomic mass is 35.5. The maximum atomic E-state index is 12.5. The van der Waals surface area contributed by atoms with E-state index in [1.165, 1.54) is 61.1 Å². The fourth-order valence-electron chi connectivity index (χ4n) is 10.1. The van der Waals surface area contributed by atoms with Crippen LogP contribution in [-0.4, -0.2) is 110 Å². The molecule has 0 bridgehead atoms. The van der Waals surface area contributed by atoms with Gasteiger partial charge in [-0.05, 0) is 171 Å². The average molecular weight is 1470 g/mol. The molecule has 2 saturated carbocycles. The number of quaternary nitrogens is 1. The van der Waals surface area contributed by atoms with Gasteiger partial charge in [0.2, 0.25) is 0 Å². The Balaban J connectivity index is 0.000000269. The van der Waals surface area contributed by atoms with Crippen LogP contribution in [-0.2, 0) is 55.5 Å². The lowest BCUT2D eigenvalue weighted by Gasteiger charge is -2.33. The number of aldehydes is 1. The SMILES string of the molecule is CCOC(=O)/C=C/c1ccc([N+](=O)[O-])c(NC)c1.CCOC(=O)/C=C/c1ccc([N+](=O)[O-])c(O)c1.CCOC(=O)/C=C/c1ccc2[nH]c(C3(N)CCC3)[n+](C)c2c1.CCOC(=O)C=P(c1ccccc1)(c1ccccc1)c1ccccc1.O=Cc1ccc([N+](=O)[O-])c(O)c1.[Cl-].[NH3+]C1(C(=O)Cl)CCC1. The standard InChI is InChI=1S/C22H21O2P.C17H21N3O2.C12H14N2O4.C11H11NO5.C7H5NO4.C5H8ClNO.ClH/c1-2-24-22(23)18-25(19-12-6-3-7-13-19,20-14-8-4-9-15-20)21-16-10-5-11-17-21;1-3-22-15(21)8-6-12-5-7-13-14(11-12)20(2)16(19-13)17(18)9-4-10-17;1-3-18-12(15)7-5-9-4-6-11(14(16)17)10(8-9)13-2;1-2-17-11(14)6-4-8-3-5-9(12(15)16)10(13)7-8;9-4-5-1-2-6(8(11)12)7(10)3-5;6-4(8)5(7)2-1-3-5;/h3-18H,2H2,1H3;5-8,11H,3-4,9-10,18H2,1-2H3;4-8,13H,3H2,1-2H3;3-7,13H,2H2,1H3;1-4,10H;1-3,7H2;1H/p+1/b;8-6+;7-5+;6-4+;;;. The number of carbonyl (C=O) groups is 6. The van der Waals surface area contributed by atoms with Crippen LogP contribution in [0.5, 0.6) is 11.5 Å². The van der Waals surface area contributed by atoms with Gasteiger partial charge in [-0.25, -0.2) is 28.7 Å². The van der Waals surface area contributed by atoms with Gasteiger partial charge in [0.15, 0.2) is 28.1 Å². The van der Waals surface area contributed by atoms with Gasteiger partial charge in [0, 0.05) is 67.7 Å². The number of aromatic nitrogens is 2. The third-order valence-corrected chi connectivity index (χ3v) is 19.9. The quantitative estimate of drug-likeness (QED) is 0.00470. The number of hydrogen-bond acceptors (Lipinski definition) is 20. The van der Waals surface area contributed by atoms with Gasteiger partial charge in [-0.2, -0.15) is 0 Å². The number of halogens is 2. The summed E-state index contributed by atoms with van der Waals surface area (Å²) in [4.78, 5) is 99.5. The number of hydrogen-bond donors (Lipinski definition) is 6. The summed E-state index contributed by atoms with van der Waals surface area (Å²) in [6.45, 7) is 6.13. The fourth-order valence-corrected chi connectivity index (χ4v) is 13.9. The van der Waals surface area contributed by atoms with Gasteiger partial charge < -0.3 is 58.4 Å². The van der Waals surface area contributed by atoms with Crippen molar-refractivity contribution in [2.45, 2.75) is 77.3 Å². The van der Waals surface area contributed by atoms with E-state index in [9.17, 15) is 64.2 Å². The molecule has 0 unspecified atom stereocenters. The molecule has 29 heteroatoms. The van der Waals surface area contributed by atoms with Crippen molar-refractivity contribution < 1.29 is 95.4 Å². The van der Waals surface area contributed by atoms with Crippen molar-refractivity contribution >= 4 is 128 Å². The molecule has 0 saturated heterocycles. The first-order valence-electron chi connectivity index (χ1n) is 32.1. The molecule has 2 aliphatic carbocycles.